The first-order valence-corrected chi connectivity index (χ1v) is 4.49. The summed E-state index contributed by atoms with van der Waals surface area (Å²) in [5.41, 5.74) is 4.75. The largest absolute Gasteiger partial charge is 0.479 e. The monoisotopic (exact) mass is 177 g/mol. The first-order chi connectivity index (χ1) is 5.06. The van der Waals surface area contributed by atoms with Crippen molar-refractivity contribution < 1.29 is 15.0 Å². The number of aliphatic carboxylic acids is 1. The minimum absolute atomic E-state index is 0.528. The average molecular weight is 177 g/mol. The van der Waals surface area contributed by atoms with Crippen LogP contribution in [-0.2, 0) is 4.79 Å². The Morgan fingerprint density at radius 2 is 2.36 bits per heavy atom. The van der Waals surface area contributed by atoms with E-state index in [1.807, 2.05) is 0 Å². The summed E-state index contributed by atoms with van der Waals surface area (Å²) in [6, 6.07) is 0. The Hall–Kier alpha value is -0.260. The Balaban J connectivity index is 2.63. The van der Waals surface area contributed by atoms with Gasteiger partial charge in [0.05, 0.1) is 5.54 Å². The Morgan fingerprint density at radius 1 is 1.73 bits per heavy atom. The van der Waals surface area contributed by atoms with Gasteiger partial charge in [-0.2, -0.15) is 11.8 Å². The molecule has 11 heavy (non-hydrogen) atoms. The second-order valence-corrected chi connectivity index (χ2v) is 3.88. The predicted octanol–water partition coefficient (Wildman–Crippen LogP) is -0.734. The van der Waals surface area contributed by atoms with Crippen molar-refractivity contribution >= 4 is 17.7 Å². The molecule has 64 valence electrons. The van der Waals surface area contributed by atoms with Crippen LogP contribution in [0, 0.1) is 0 Å². The van der Waals surface area contributed by atoms with Crippen LogP contribution in [-0.4, -0.2) is 39.3 Å². The van der Waals surface area contributed by atoms with Gasteiger partial charge in [-0.1, -0.05) is 0 Å². The maximum atomic E-state index is 10.4. The van der Waals surface area contributed by atoms with Crippen molar-refractivity contribution in [2.75, 3.05) is 11.5 Å². The van der Waals surface area contributed by atoms with Gasteiger partial charge in [0.1, 0.15) is 0 Å². The van der Waals surface area contributed by atoms with Crippen LogP contribution in [0.1, 0.15) is 6.42 Å². The van der Waals surface area contributed by atoms with Gasteiger partial charge in [-0.25, -0.2) is 4.79 Å². The van der Waals surface area contributed by atoms with Crippen LogP contribution in [0.25, 0.3) is 0 Å². The number of hydrogen-bond acceptors (Lipinski definition) is 4. The van der Waals surface area contributed by atoms with Gasteiger partial charge < -0.3 is 15.9 Å². The van der Waals surface area contributed by atoms with Gasteiger partial charge in [0, 0.05) is 5.75 Å². The topological polar surface area (TPSA) is 83.5 Å². The van der Waals surface area contributed by atoms with E-state index >= 15 is 0 Å². The van der Waals surface area contributed by atoms with Crippen molar-refractivity contribution in [2.24, 2.45) is 5.73 Å². The quantitative estimate of drug-likeness (QED) is 0.517. The van der Waals surface area contributed by atoms with Gasteiger partial charge in [-0.15, -0.1) is 0 Å². The molecule has 4 nitrogen and oxygen atoms in total. The SMILES string of the molecule is NC1(C(O)C(=O)O)CCSC1. The molecule has 0 aromatic heterocycles. The molecule has 0 aliphatic carbocycles. The van der Waals surface area contributed by atoms with Crippen molar-refractivity contribution in [3.63, 3.8) is 0 Å². The normalized spacial score (nSPS) is 33.6. The van der Waals surface area contributed by atoms with Crippen LogP contribution in [0.15, 0.2) is 0 Å². The number of carboxylic acids is 1. The Bertz CT molecular complexity index is 167. The minimum Gasteiger partial charge on any atom is -0.479 e. The fraction of sp³-hybridized carbons (Fsp3) is 0.833. The minimum atomic E-state index is -1.42. The van der Waals surface area contributed by atoms with Crippen molar-refractivity contribution in [2.45, 2.75) is 18.1 Å². The van der Waals surface area contributed by atoms with Crippen LogP contribution >= 0.6 is 11.8 Å². The number of carboxylic acid groups (broad SMARTS) is 1. The zero-order chi connectivity index (χ0) is 8.48. The molecule has 1 fully saturated rings. The number of thioether (sulfide) groups is 1. The lowest BCUT2D eigenvalue weighted by molar-refractivity contribution is -0.149. The van der Waals surface area contributed by atoms with E-state index in [1.165, 1.54) is 0 Å². The third-order valence-electron chi connectivity index (χ3n) is 1.86. The van der Waals surface area contributed by atoms with Crippen molar-refractivity contribution in [1.29, 1.82) is 0 Å². The molecule has 0 aromatic rings. The molecule has 1 aliphatic rings. The van der Waals surface area contributed by atoms with Gasteiger partial charge in [-0.3, -0.25) is 0 Å². The molecule has 2 unspecified atom stereocenters. The van der Waals surface area contributed by atoms with Crippen LogP contribution in [0.4, 0.5) is 0 Å². The van der Waals surface area contributed by atoms with Crippen LogP contribution in [0.2, 0.25) is 0 Å². The maximum Gasteiger partial charge on any atom is 0.334 e. The number of hydrogen-bond donors (Lipinski definition) is 3. The fourth-order valence-electron chi connectivity index (χ4n) is 1.06. The smallest absolute Gasteiger partial charge is 0.334 e. The summed E-state index contributed by atoms with van der Waals surface area (Å²) in [5.74, 6) is 0.136. The van der Waals surface area contributed by atoms with Crippen molar-refractivity contribution in [1.82, 2.24) is 0 Å². The summed E-state index contributed by atoms with van der Waals surface area (Å²) in [5, 5.41) is 17.6. The molecule has 0 amide bonds. The molecule has 0 saturated carbocycles. The molecular weight excluding hydrogens is 166 g/mol. The first kappa shape index (κ1) is 8.83. The van der Waals surface area contributed by atoms with Gasteiger partial charge in [-0.05, 0) is 12.2 Å². The molecule has 1 heterocycles. The molecular formula is C6H11NO3S. The summed E-state index contributed by atoms with van der Waals surface area (Å²) in [6.07, 6.45) is -0.844. The Morgan fingerprint density at radius 3 is 2.73 bits per heavy atom. The second kappa shape index (κ2) is 3.00. The molecule has 2 atom stereocenters. The van der Waals surface area contributed by atoms with Crippen molar-refractivity contribution in [3.05, 3.63) is 0 Å². The summed E-state index contributed by atoms with van der Waals surface area (Å²) in [6.45, 7) is 0. The van der Waals surface area contributed by atoms with E-state index in [9.17, 15) is 4.79 Å². The van der Waals surface area contributed by atoms with Gasteiger partial charge >= 0.3 is 5.97 Å². The highest BCUT2D eigenvalue weighted by atomic mass is 32.2. The second-order valence-electron chi connectivity index (χ2n) is 2.78. The molecule has 0 spiro atoms. The standard InChI is InChI=1S/C6H11NO3S/c7-6(1-2-11-3-6)4(8)5(9)10/h4,8H,1-3,7H2,(H,9,10). The molecule has 5 heteroatoms. The Kier molecular flexibility index (Phi) is 2.41. The van der Waals surface area contributed by atoms with E-state index in [-0.39, 0.29) is 0 Å². The highest BCUT2D eigenvalue weighted by Crippen LogP contribution is 2.28. The molecule has 0 aromatic carbocycles. The van der Waals surface area contributed by atoms with E-state index in [2.05, 4.69) is 0 Å². The van der Waals surface area contributed by atoms with Crippen molar-refractivity contribution in [3.8, 4) is 0 Å². The van der Waals surface area contributed by atoms with E-state index in [0.29, 0.717) is 12.2 Å². The van der Waals surface area contributed by atoms with Crippen LogP contribution in [0.5, 0.6) is 0 Å². The fourth-order valence-corrected chi connectivity index (χ4v) is 2.41. The third kappa shape index (κ3) is 1.66. The first-order valence-electron chi connectivity index (χ1n) is 3.34. The zero-order valence-corrected chi connectivity index (χ0v) is 6.80. The lowest BCUT2D eigenvalue weighted by Gasteiger charge is -2.25. The highest BCUT2D eigenvalue weighted by molar-refractivity contribution is 7.99. The lowest BCUT2D eigenvalue weighted by atomic mass is 9.93. The molecule has 1 aliphatic heterocycles. The third-order valence-corrected chi connectivity index (χ3v) is 3.10. The molecule has 1 rings (SSSR count). The summed E-state index contributed by atoms with van der Waals surface area (Å²) >= 11 is 1.58. The molecule has 0 bridgehead atoms. The number of aliphatic hydroxyl groups excluding tert-OH is 1. The van der Waals surface area contributed by atoms with E-state index in [1.54, 1.807) is 11.8 Å². The number of nitrogens with two attached hydrogens (primary N) is 1. The lowest BCUT2D eigenvalue weighted by Crippen LogP contribution is -2.54. The summed E-state index contributed by atoms with van der Waals surface area (Å²) in [7, 11) is 0. The molecule has 1 saturated heterocycles. The van der Waals surface area contributed by atoms with Crippen LogP contribution < -0.4 is 5.73 Å². The molecule has 4 N–H and O–H groups in total. The zero-order valence-electron chi connectivity index (χ0n) is 5.99. The summed E-state index contributed by atoms with van der Waals surface area (Å²) in [4.78, 5) is 10.4. The number of rotatable bonds is 2. The predicted molar refractivity (Wildman–Crippen MR) is 42.5 cm³/mol. The van der Waals surface area contributed by atoms with Gasteiger partial charge in [0.15, 0.2) is 6.10 Å². The van der Waals surface area contributed by atoms with Gasteiger partial charge in [0.25, 0.3) is 0 Å². The summed E-state index contributed by atoms with van der Waals surface area (Å²) < 4.78 is 0. The molecule has 0 radical (unpaired) electrons. The van der Waals surface area contributed by atoms with E-state index < -0.39 is 17.6 Å². The number of aliphatic hydroxyl groups is 1. The number of carbonyl (C=O) groups is 1. The highest BCUT2D eigenvalue weighted by Gasteiger charge is 2.41. The van der Waals surface area contributed by atoms with E-state index in [0.717, 1.165) is 5.75 Å². The maximum absolute atomic E-state index is 10.4. The van der Waals surface area contributed by atoms with Gasteiger partial charge in [0.2, 0.25) is 0 Å². The van der Waals surface area contributed by atoms with E-state index in [4.69, 9.17) is 15.9 Å². The average Bonchev–Trinajstić information content (AvgIpc) is 2.35. The Labute approximate surface area is 68.8 Å². The van der Waals surface area contributed by atoms with Crippen LogP contribution in [0.3, 0.4) is 0 Å².